The van der Waals surface area contributed by atoms with Gasteiger partial charge in [0.15, 0.2) is 0 Å². The van der Waals surface area contributed by atoms with E-state index in [0.29, 0.717) is 10.1 Å². The second-order valence-electron chi connectivity index (χ2n) is 4.27. The van der Waals surface area contributed by atoms with Crippen LogP contribution in [0.2, 0.25) is 0 Å². The molecule has 0 atom stereocenters. The Morgan fingerprint density at radius 2 is 2.17 bits per heavy atom. The number of non-ortho nitro benzene ring substituents is 1. The number of hydrogen-bond donors (Lipinski definition) is 2. The van der Waals surface area contributed by atoms with Gasteiger partial charge in [0.05, 0.1) is 21.4 Å². The monoisotopic (exact) mass is 358 g/mol. The summed E-state index contributed by atoms with van der Waals surface area (Å²) in [5.74, 6) is -1.26. The molecule has 2 rings (SSSR count). The number of nitrogens with two attached hydrogens (primary N) is 1. The first-order valence-corrected chi connectivity index (χ1v) is 8.51. The van der Waals surface area contributed by atoms with Crippen LogP contribution in [0.3, 0.4) is 0 Å². The van der Waals surface area contributed by atoms with E-state index >= 15 is 0 Å². The number of oxime groups is 1. The van der Waals surface area contributed by atoms with Gasteiger partial charge < -0.3 is 5.73 Å². The number of carbonyl (C=O) groups is 1. The minimum Gasteiger partial charge on any atom is -0.367 e. The lowest BCUT2D eigenvalue weighted by Gasteiger charge is -2.01. The zero-order chi connectivity index (χ0) is 17.2. The average molecular weight is 358 g/mol. The molecular weight excluding hydrogens is 348 g/mol. The van der Waals surface area contributed by atoms with Gasteiger partial charge in [0.1, 0.15) is 0 Å². The molecule has 0 aliphatic carbocycles. The molecule has 1 heterocycles. The zero-order valence-corrected chi connectivity index (χ0v) is 13.2. The van der Waals surface area contributed by atoms with Crippen LogP contribution < -0.4 is 11.1 Å². The summed E-state index contributed by atoms with van der Waals surface area (Å²) < 4.78 is 26.1. The van der Waals surface area contributed by atoms with Crippen molar-refractivity contribution < 1.29 is 22.4 Å². The molecule has 0 aliphatic heterocycles. The highest BCUT2D eigenvalue weighted by molar-refractivity contribution is 7.85. The number of amides is 1. The fraction of sp³-hybridized carbons (Fsp3) is 0.0909. The van der Waals surface area contributed by atoms with E-state index in [4.69, 9.17) is 5.73 Å². The van der Waals surface area contributed by atoms with Crippen molar-refractivity contribution in [2.24, 2.45) is 10.9 Å². The van der Waals surface area contributed by atoms with E-state index in [2.05, 4.69) is 14.8 Å². The smallest absolute Gasteiger partial charge is 0.325 e. The first-order chi connectivity index (χ1) is 10.7. The Hall–Kier alpha value is -2.73. The predicted octanol–water partition coefficient (Wildman–Crippen LogP) is 0.745. The molecule has 23 heavy (non-hydrogen) atoms. The molecule has 0 spiro atoms. The number of hydrogen-bond acceptors (Lipinski definition) is 8. The summed E-state index contributed by atoms with van der Waals surface area (Å²) in [4.78, 5) is 22.5. The molecular formula is C11H10N4O6S2. The molecule has 0 aliphatic rings. The van der Waals surface area contributed by atoms with Gasteiger partial charge in [0.25, 0.3) is 11.6 Å². The van der Waals surface area contributed by atoms with Gasteiger partial charge >= 0.3 is 10.1 Å². The maximum atomic E-state index is 12.0. The fourth-order valence-electron chi connectivity index (χ4n) is 1.63. The van der Waals surface area contributed by atoms with E-state index in [9.17, 15) is 23.3 Å². The third-order valence-electron chi connectivity index (χ3n) is 2.47. The highest BCUT2D eigenvalue weighted by atomic mass is 32.2. The SMILES string of the molecule is CS(=O)(=O)ON=C(N)NC(=O)c1cc2c([N+](=O)[O-])cccc2s1. The molecule has 1 amide bonds. The van der Waals surface area contributed by atoms with E-state index in [1.54, 1.807) is 6.07 Å². The molecule has 0 fully saturated rings. The number of nitrogens with one attached hydrogen (secondary N) is 1. The van der Waals surface area contributed by atoms with Crippen molar-refractivity contribution in [2.45, 2.75) is 0 Å². The van der Waals surface area contributed by atoms with Crippen LogP contribution in [0.5, 0.6) is 0 Å². The summed E-state index contributed by atoms with van der Waals surface area (Å²) in [6.45, 7) is 0. The van der Waals surface area contributed by atoms with Crippen molar-refractivity contribution in [1.29, 1.82) is 0 Å². The number of nitrogens with zero attached hydrogens (tertiary/aromatic N) is 2. The van der Waals surface area contributed by atoms with Gasteiger partial charge in [-0.25, -0.2) is 0 Å². The number of thiophene rings is 1. The van der Waals surface area contributed by atoms with E-state index in [0.717, 1.165) is 17.6 Å². The molecule has 0 radical (unpaired) electrons. The average Bonchev–Trinajstić information content (AvgIpc) is 2.88. The summed E-state index contributed by atoms with van der Waals surface area (Å²) in [5, 5.41) is 16.4. The second-order valence-corrected chi connectivity index (χ2v) is 6.91. The Morgan fingerprint density at radius 1 is 1.48 bits per heavy atom. The van der Waals surface area contributed by atoms with Crippen molar-refractivity contribution in [1.82, 2.24) is 5.32 Å². The van der Waals surface area contributed by atoms with Crippen molar-refractivity contribution in [3.63, 3.8) is 0 Å². The fourth-order valence-corrected chi connectivity index (χ4v) is 2.82. The number of benzene rings is 1. The summed E-state index contributed by atoms with van der Waals surface area (Å²) in [6.07, 6.45) is 0.761. The molecule has 0 bridgehead atoms. The van der Waals surface area contributed by atoms with Crippen LogP contribution >= 0.6 is 11.3 Å². The number of rotatable bonds is 4. The van der Waals surface area contributed by atoms with E-state index in [-0.39, 0.29) is 10.6 Å². The van der Waals surface area contributed by atoms with Gasteiger partial charge in [-0.15, -0.1) is 11.3 Å². The van der Waals surface area contributed by atoms with Crippen LogP contribution in [0.4, 0.5) is 5.69 Å². The molecule has 10 nitrogen and oxygen atoms in total. The van der Waals surface area contributed by atoms with Gasteiger partial charge in [-0.05, 0) is 17.3 Å². The number of nitro groups is 1. The van der Waals surface area contributed by atoms with Crippen molar-refractivity contribution in [3.8, 4) is 0 Å². The van der Waals surface area contributed by atoms with Crippen LogP contribution in [0.15, 0.2) is 29.4 Å². The molecule has 3 N–H and O–H groups in total. The van der Waals surface area contributed by atoms with E-state index in [1.807, 2.05) is 0 Å². The third kappa shape index (κ3) is 4.14. The summed E-state index contributed by atoms with van der Waals surface area (Å²) in [7, 11) is -3.85. The maximum Gasteiger partial charge on any atom is 0.325 e. The van der Waals surface area contributed by atoms with Gasteiger partial charge in [-0.2, -0.15) is 8.42 Å². The largest absolute Gasteiger partial charge is 0.367 e. The van der Waals surface area contributed by atoms with E-state index in [1.165, 1.54) is 18.2 Å². The molecule has 0 saturated heterocycles. The molecule has 12 heteroatoms. The first-order valence-electron chi connectivity index (χ1n) is 5.88. The molecule has 122 valence electrons. The summed E-state index contributed by atoms with van der Waals surface area (Å²) >= 11 is 1.02. The minimum atomic E-state index is -3.85. The van der Waals surface area contributed by atoms with Gasteiger partial charge in [-0.3, -0.25) is 24.5 Å². The number of carbonyl (C=O) groups excluding carboxylic acids is 1. The molecule has 1 aromatic carbocycles. The van der Waals surface area contributed by atoms with Gasteiger partial charge in [0, 0.05) is 10.8 Å². The lowest BCUT2D eigenvalue weighted by atomic mass is 10.2. The number of nitro benzene ring substituents is 1. The van der Waals surface area contributed by atoms with Crippen LogP contribution in [0.25, 0.3) is 10.1 Å². The maximum absolute atomic E-state index is 12.0. The molecule has 0 saturated carbocycles. The highest BCUT2D eigenvalue weighted by Crippen LogP contribution is 2.32. The Morgan fingerprint density at radius 3 is 2.78 bits per heavy atom. The highest BCUT2D eigenvalue weighted by Gasteiger charge is 2.18. The zero-order valence-electron chi connectivity index (χ0n) is 11.5. The van der Waals surface area contributed by atoms with Crippen LogP contribution in [-0.2, 0) is 14.4 Å². The summed E-state index contributed by atoms with van der Waals surface area (Å²) in [5.41, 5.74) is 5.19. The summed E-state index contributed by atoms with van der Waals surface area (Å²) in [6, 6.07) is 5.81. The van der Waals surface area contributed by atoms with Gasteiger partial charge in [-0.1, -0.05) is 6.07 Å². The van der Waals surface area contributed by atoms with Crippen LogP contribution in [0.1, 0.15) is 9.67 Å². The van der Waals surface area contributed by atoms with E-state index < -0.39 is 26.9 Å². The standard InChI is InChI=1S/C11H10N4O6S2/c1-23(19,20)21-14-11(12)13-10(16)9-5-6-7(15(17)18)3-2-4-8(6)22-9/h2-5H,1H3,(H3,12,13,14,16). The topological polar surface area (TPSA) is 154 Å². The number of fused-ring (bicyclic) bond motifs is 1. The Balaban J connectivity index is 2.25. The van der Waals surface area contributed by atoms with Gasteiger partial charge in [0.2, 0.25) is 5.96 Å². The Kier molecular flexibility index (Phi) is 4.47. The second kappa shape index (κ2) is 6.18. The molecule has 0 unspecified atom stereocenters. The predicted molar refractivity (Wildman–Crippen MR) is 83.5 cm³/mol. The van der Waals surface area contributed by atoms with Crippen molar-refractivity contribution in [3.05, 3.63) is 39.3 Å². The van der Waals surface area contributed by atoms with Crippen LogP contribution in [0, 0.1) is 10.1 Å². The first kappa shape index (κ1) is 16.6. The lowest BCUT2D eigenvalue weighted by molar-refractivity contribution is -0.383. The number of guanidine groups is 1. The molecule has 1 aromatic heterocycles. The van der Waals surface area contributed by atoms with Crippen molar-refractivity contribution >= 4 is 49.1 Å². The Labute approximate surface area is 133 Å². The minimum absolute atomic E-state index is 0.125. The third-order valence-corrected chi connectivity index (χ3v) is 3.92. The van der Waals surface area contributed by atoms with Crippen LogP contribution in [-0.4, -0.2) is 31.5 Å². The quantitative estimate of drug-likeness (QED) is 0.353. The Bertz CT molecular complexity index is 918. The normalized spacial score (nSPS) is 12.1. The lowest BCUT2D eigenvalue weighted by Crippen LogP contribution is -2.36. The van der Waals surface area contributed by atoms with Crippen molar-refractivity contribution in [2.75, 3.05) is 6.26 Å². The molecule has 2 aromatic rings.